The van der Waals surface area contributed by atoms with Gasteiger partial charge in [-0.15, -0.1) is 11.3 Å². The van der Waals surface area contributed by atoms with Crippen molar-refractivity contribution in [2.24, 2.45) is 0 Å². The van der Waals surface area contributed by atoms with Crippen LogP contribution in [0.5, 0.6) is 0 Å². The van der Waals surface area contributed by atoms with Crippen LogP contribution in [0, 0.1) is 0 Å². The minimum absolute atomic E-state index is 0. The van der Waals surface area contributed by atoms with E-state index in [1.807, 2.05) is 30.3 Å². The van der Waals surface area contributed by atoms with Gasteiger partial charge in [0.2, 0.25) is 0 Å². The van der Waals surface area contributed by atoms with Crippen molar-refractivity contribution in [3.05, 3.63) is 64.3 Å². The van der Waals surface area contributed by atoms with E-state index < -0.39 is 0 Å². The number of carbonyl (C=O) groups is 1. The average molecular weight is 452 g/mol. The van der Waals surface area contributed by atoms with E-state index in [1.165, 1.54) is 15.9 Å². The number of hydrogen-bond acceptors (Lipinski definition) is 7. The van der Waals surface area contributed by atoms with Crippen molar-refractivity contribution in [3.8, 4) is 5.13 Å². The second-order valence-corrected chi connectivity index (χ2v) is 8.07. The van der Waals surface area contributed by atoms with E-state index in [1.54, 1.807) is 17.8 Å². The first-order valence-corrected chi connectivity index (χ1v) is 11.0. The standard InChI is InChI=1S/C21H21N7O2S.CH4/c29-19(24-15-12-23-8-6-17(15)27-10-3-7-22-9-11-27)16-13-31-21(26-16)28-18-5-2-1-4-14(18)25-20(28)30;/h1-2,4-6,8,12-13,22H,3,7,9-11H2,(H,24,29)(H,25,30);1H4. The quantitative estimate of drug-likeness (QED) is 0.440. The Labute approximate surface area is 189 Å². The van der Waals surface area contributed by atoms with Crippen molar-refractivity contribution in [1.82, 2.24) is 24.8 Å². The number of hydrogen-bond donors (Lipinski definition) is 3. The van der Waals surface area contributed by atoms with Crippen LogP contribution in [-0.2, 0) is 0 Å². The number of benzene rings is 1. The number of carbonyl (C=O) groups excluding carboxylic acids is 1. The number of anilines is 2. The Hall–Kier alpha value is -3.50. The van der Waals surface area contributed by atoms with Gasteiger partial charge in [0, 0.05) is 31.2 Å². The molecule has 1 fully saturated rings. The summed E-state index contributed by atoms with van der Waals surface area (Å²) in [7, 11) is 0. The Morgan fingerprint density at radius 2 is 2.03 bits per heavy atom. The molecule has 0 bridgehead atoms. The van der Waals surface area contributed by atoms with E-state index in [-0.39, 0.29) is 24.7 Å². The number of nitrogens with one attached hydrogen (secondary N) is 3. The number of nitrogens with zero attached hydrogens (tertiary/aromatic N) is 4. The highest BCUT2D eigenvalue weighted by molar-refractivity contribution is 7.12. The molecular formula is C22H25N7O2S. The number of amides is 1. The molecule has 3 N–H and O–H groups in total. The number of aromatic amines is 1. The van der Waals surface area contributed by atoms with Crippen LogP contribution in [0.15, 0.2) is 52.9 Å². The van der Waals surface area contributed by atoms with Gasteiger partial charge in [-0.1, -0.05) is 19.6 Å². The first-order valence-electron chi connectivity index (χ1n) is 10.1. The molecule has 32 heavy (non-hydrogen) atoms. The van der Waals surface area contributed by atoms with Crippen molar-refractivity contribution < 1.29 is 4.79 Å². The number of fused-ring (bicyclic) bond motifs is 1. The molecule has 3 aromatic heterocycles. The summed E-state index contributed by atoms with van der Waals surface area (Å²) < 4.78 is 1.48. The lowest BCUT2D eigenvalue weighted by atomic mass is 10.2. The second-order valence-electron chi connectivity index (χ2n) is 7.24. The Balaban J connectivity index is 0.00000245. The highest BCUT2D eigenvalue weighted by Gasteiger charge is 2.19. The van der Waals surface area contributed by atoms with Crippen molar-refractivity contribution >= 4 is 39.7 Å². The maximum Gasteiger partial charge on any atom is 0.332 e. The fraction of sp³-hybridized carbons (Fsp3) is 0.273. The van der Waals surface area contributed by atoms with Gasteiger partial charge in [0.1, 0.15) is 5.69 Å². The summed E-state index contributed by atoms with van der Waals surface area (Å²) in [6.07, 6.45) is 4.42. The number of pyridine rings is 1. The molecule has 1 saturated heterocycles. The summed E-state index contributed by atoms with van der Waals surface area (Å²) in [5, 5.41) is 8.42. The molecule has 0 atom stereocenters. The molecule has 9 nitrogen and oxygen atoms in total. The van der Waals surface area contributed by atoms with Crippen LogP contribution in [0.1, 0.15) is 24.3 Å². The molecule has 0 unspecified atom stereocenters. The largest absolute Gasteiger partial charge is 0.368 e. The number of aromatic nitrogens is 4. The van der Waals surface area contributed by atoms with Crippen LogP contribution in [0.4, 0.5) is 11.4 Å². The second kappa shape index (κ2) is 9.33. The van der Waals surface area contributed by atoms with Crippen LogP contribution in [0.25, 0.3) is 16.2 Å². The third kappa shape index (κ3) is 4.14. The third-order valence-corrected chi connectivity index (χ3v) is 6.06. The van der Waals surface area contributed by atoms with E-state index in [0.717, 1.165) is 49.3 Å². The van der Waals surface area contributed by atoms with E-state index in [0.29, 0.717) is 10.8 Å². The summed E-state index contributed by atoms with van der Waals surface area (Å²) >= 11 is 1.25. The summed E-state index contributed by atoms with van der Waals surface area (Å²) in [4.78, 5) is 39.0. The summed E-state index contributed by atoms with van der Waals surface area (Å²) in [6.45, 7) is 3.64. The molecule has 4 aromatic rings. The molecule has 5 rings (SSSR count). The highest BCUT2D eigenvalue weighted by atomic mass is 32.1. The molecule has 4 heterocycles. The summed E-state index contributed by atoms with van der Waals surface area (Å²) in [5.41, 5.74) is 3.00. The summed E-state index contributed by atoms with van der Waals surface area (Å²) in [5.74, 6) is -0.336. The van der Waals surface area contributed by atoms with Crippen LogP contribution in [0.2, 0.25) is 0 Å². The fourth-order valence-electron chi connectivity index (χ4n) is 3.75. The normalized spacial score (nSPS) is 14.1. The zero-order valence-electron chi connectivity index (χ0n) is 16.7. The zero-order valence-corrected chi connectivity index (χ0v) is 17.5. The zero-order chi connectivity index (χ0) is 21.2. The van der Waals surface area contributed by atoms with E-state index >= 15 is 0 Å². The SMILES string of the molecule is C.O=C(Nc1cnccc1N1CCCNCC1)c1csc(-n2c(=O)[nH]c3ccccc32)n1. The molecule has 1 aliphatic rings. The average Bonchev–Trinajstić information content (AvgIpc) is 3.28. The van der Waals surface area contributed by atoms with Gasteiger partial charge in [0.05, 0.1) is 28.6 Å². The Morgan fingerprint density at radius 3 is 2.94 bits per heavy atom. The van der Waals surface area contributed by atoms with Crippen LogP contribution in [0.3, 0.4) is 0 Å². The molecule has 166 valence electrons. The molecular weight excluding hydrogens is 426 g/mol. The van der Waals surface area contributed by atoms with Gasteiger partial charge in [0.25, 0.3) is 5.91 Å². The lowest BCUT2D eigenvalue weighted by molar-refractivity contribution is 0.102. The van der Waals surface area contributed by atoms with Gasteiger partial charge in [0.15, 0.2) is 5.13 Å². The smallest absolute Gasteiger partial charge is 0.332 e. The first kappa shape index (κ1) is 21.7. The molecule has 10 heteroatoms. The predicted molar refractivity (Wildman–Crippen MR) is 128 cm³/mol. The first-order chi connectivity index (χ1) is 15.2. The summed E-state index contributed by atoms with van der Waals surface area (Å²) in [6, 6.07) is 9.30. The number of imidazole rings is 1. The van der Waals surface area contributed by atoms with Gasteiger partial charge in [-0.3, -0.25) is 9.78 Å². The van der Waals surface area contributed by atoms with Crippen LogP contribution >= 0.6 is 11.3 Å². The molecule has 0 spiro atoms. The molecule has 0 saturated carbocycles. The van der Waals surface area contributed by atoms with Crippen molar-refractivity contribution in [2.45, 2.75) is 13.8 Å². The number of rotatable bonds is 4. The van der Waals surface area contributed by atoms with Gasteiger partial charge in [-0.25, -0.2) is 14.3 Å². The highest BCUT2D eigenvalue weighted by Crippen LogP contribution is 2.26. The maximum atomic E-state index is 12.9. The van der Waals surface area contributed by atoms with E-state index in [4.69, 9.17) is 0 Å². The van der Waals surface area contributed by atoms with E-state index in [2.05, 4.69) is 30.5 Å². The predicted octanol–water partition coefficient (Wildman–Crippen LogP) is 2.86. The topological polar surface area (TPSA) is 108 Å². The number of para-hydroxylation sites is 2. The Bertz CT molecular complexity index is 1280. The van der Waals surface area contributed by atoms with Crippen molar-refractivity contribution in [2.75, 3.05) is 36.4 Å². The number of H-pyrrole nitrogens is 1. The maximum absolute atomic E-state index is 12.9. The Kier molecular flexibility index (Phi) is 6.33. The molecule has 0 radical (unpaired) electrons. The van der Waals surface area contributed by atoms with Crippen LogP contribution in [-0.4, -0.2) is 51.6 Å². The monoisotopic (exact) mass is 451 g/mol. The van der Waals surface area contributed by atoms with Crippen LogP contribution < -0.4 is 21.2 Å². The lowest BCUT2D eigenvalue weighted by Gasteiger charge is -2.24. The molecule has 0 aliphatic carbocycles. The molecule has 1 amide bonds. The van der Waals surface area contributed by atoms with Gasteiger partial charge in [-0.2, -0.15) is 0 Å². The molecule has 1 aromatic carbocycles. The van der Waals surface area contributed by atoms with Gasteiger partial charge in [-0.05, 0) is 31.2 Å². The lowest BCUT2D eigenvalue weighted by Crippen LogP contribution is -2.29. The van der Waals surface area contributed by atoms with E-state index in [9.17, 15) is 9.59 Å². The van der Waals surface area contributed by atoms with Crippen molar-refractivity contribution in [1.29, 1.82) is 0 Å². The third-order valence-electron chi connectivity index (χ3n) is 5.23. The van der Waals surface area contributed by atoms with Gasteiger partial charge >= 0.3 is 5.69 Å². The van der Waals surface area contributed by atoms with Gasteiger partial charge < -0.3 is 20.5 Å². The minimum Gasteiger partial charge on any atom is -0.368 e. The fourth-order valence-corrected chi connectivity index (χ4v) is 4.56. The minimum atomic E-state index is -0.336. The van der Waals surface area contributed by atoms with Crippen molar-refractivity contribution in [3.63, 3.8) is 0 Å². The Morgan fingerprint density at radius 1 is 1.16 bits per heavy atom. The number of thiazole rings is 1. The molecule has 1 aliphatic heterocycles.